The Labute approximate surface area is 97.3 Å². The average Bonchev–Trinajstić information content (AvgIpc) is 2.21. The van der Waals surface area contributed by atoms with Gasteiger partial charge in [-0.3, -0.25) is 4.79 Å². The first-order valence-corrected chi connectivity index (χ1v) is 7.25. The summed E-state index contributed by atoms with van der Waals surface area (Å²) in [5.74, 6) is -0.902. The van der Waals surface area contributed by atoms with E-state index < -0.39 is 16.0 Å². The number of carboxylic acid groups (broad SMARTS) is 1. The second-order valence-corrected chi connectivity index (χ2v) is 5.82. The van der Waals surface area contributed by atoms with Crippen molar-refractivity contribution in [3.8, 4) is 0 Å². The van der Waals surface area contributed by atoms with E-state index in [1.165, 1.54) is 0 Å². The zero-order chi connectivity index (χ0) is 12.6. The molecule has 2 N–H and O–H groups in total. The van der Waals surface area contributed by atoms with Crippen molar-refractivity contribution < 1.29 is 18.3 Å². The molecule has 96 valence electrons. The molecule has 0 aromatic carbocycles. The topological polar surface area (TPSA) is 83.5 Å². The van der Waals surface area contributed by atoms with Gasteiger partial charge in [-0.2, -0.15) is 0 Å². The first-order valence-electron chi connectivity index (χ1n) is 5.60. The number of rotatable bonds is 9. The molecule has 0 heterocycles. The van der Waals surface area contributed by atoms with Crippen LogP contribution in [0.4, 0.5) is 0 Å². The molecule has 0 aromatic rings. The smallest absolute Gasteiger partial charge is 0.303 e. The van der Waals surface area contributed by atoms with Crippen LogP contribution in [-0.2, 0) is 14.8 Å². The number of unbranched alkanes of at least 4 members (excludes halogenated alkanes) is 1. The van der Waals surface area contributed by atoms with Crippen LogP contribution < -0.4 is 4.72 Å². The monoisotopic (exact) mass is 251 g/mol. The van der Waals surface area contributed by atoms with Crippen molar-refractivity contribution >= 4 is 16.0 Å². The molecule has 0 aromatic heterocycles. The van der Waals surface area contributed by atoms with Crippen molar-refractivity contribution in [3.63, 3.8) is 0 Å². The van der Waals surface area contributed by atoms with Crippen molar-refractivity contribution in [2.75, 3.05) is 12.3 Å². The molecule has 5 nitrogen and oxygen atoms in total. The van der Waals surface area contributed by atoms with Gasteiger partial charge in [0.2, 0.25) is 10.0 Å². The van der Waals surface area contributed by atoms with Crippen LogP contribution in [0.25, 0.3) is 0 Å². The number of nitrogens with one attached hydrogen (secondary N) is 1. The van der Waals surface area contributed by atoms with Crippen LogP contribution >= 0.6 is 0 Å². The molecule has 0 saturated heterocycles. The van der Waals surface area contributed by atoms with Crippen molar-refractivity contribution in [1.82, 2.24) is 4.72 Å². The Hall–Kier alpha value is -0.620. The first-order chi connectivity index (χ1) is 7.41. The minimum atomic E-state index is -3.23. The van der Waals surface area contributed by atoms with Crippen LogP contribution in [0.3, 0.4) is 0 Å². The molecule has 0 fully saturated rings. The largest absolute Gasteiger partial charge is 0.481 e. The van der Waals surface area contributed by atoms with Crippen molar-refractivity contribution in [2.24, 2.45) is 5.92 Å². The van der Waals surface area contributed by atoms with E-state index in [0.717, 1.165) is 6.42 Å². The summed E-state index contributed by atoms with van der Waals surface area (Å²) in [5.41, 5.74) is 0. The molecule has 0 aliphatic rings. The molecule has 6 heteroatoms. The summed E-state index contributed by atoms with van der Waals surface area (Å²) >= 11 is 0. The van der Waals surface area contributed by atoms with E-state index in [-0.39, 0.29) is 24.6 Å². The number of aliphatic carboxylic acids is 1. The molecule has 0 radical (unpaired) electrons. The van der Waals surface area contributed by atoms with Crippen LogP contribution in [-0.4, -0.2) is 31.8 Å². The van der Waals surface area contributed by atoms with Crippen molar-refractivity contribution in [3.05, 3.63) is 0 Å². The second-order valence-electron chi connectivity index (χ2n) is 3.89. The summed E-state index contributed by atoms with van der Waals surface area (Å²) in [6, 6.07) is 0. The fraction of sp³-hybridized carbons (Fsp3) is 0.900. The Morgan fingerprint density at radius 3 is 2.44 bits per heavy atom. The summed E-state index contributed by atoms with van der Waals surface area (Å²) in [4.78, 5) is 10.5. The van der Waals surface area contributed by atoms with Gasteiger partial charge in [0.05, 0.1) is 5.75 Å². The van der Waals surface area contributed by atoms with Crippen LogP contribution in [0.2, 0.25) is 0 Å². The molecular weight excluding hydrogens is 230 g/mol. The maximum Gasteiger partial charge on any atom is 0.303 e. The van der Waals surface area contributed by atoms with E-state index in [1.54, 1.807) is 0 Å². The first kappa shape index (κ1) is 15.4. The minimum Gasteiger partial charge on any atom is -0.481 e. The lowest BCUT2D eigenvalue weighted by molar-refractivity contribution is -0.138. The van der Waals surface area contributed by atoms with E-state index >= 15 is 0 Å². The summed E-state index contributed by atoms with van der Waals surface area (Å²) in [5, 5.41) is 8.61. The summed E-state index contributed by atoms with van der Waals surface area (Å²) in [7, 11) is -3.23. The van der Waals surface area contributed by atoms with Gasteiger partial charge in [-0.1, -0.05) is 26.7 Å². The highest BCUT2D eigenvalue weighted by Gasteiger charge is 2.15. The van der Waals surface area contributed by atoms with Gasteiger partial charge in [0.25, 0.3) is 0 Å². The van der Waals surface area contributed by atoms with E-state index in [4.69, 9.17) is 5.11 Å². The fourth-order valence-electron chi connectivity index (χ4n) is 1.26. The van der Waals surface area contributed by atoms with Crippen molar-refractivity contribution in [1.29, 1.82) is 0 Å². The quantitative estimate of drug-likeness (QED) is 0.645. The third-order valence-electron chi connectivity index (χ3n) is 2.40. The van der Waals surface area contributed by atoms with Crippen LogP contribution in [0.5, 0.6) is 0 Å². The molecule has 0 amide bonds. The van der Waals surface area contributed by atoms with Gasteiger partial charge in [0, 0.05) is 13.0 Å². The Balaban J connectivity index is 4.04. The number of hydrogen-bond acceptors (Lipinski definition) is 3. The molecule has 1 atom stereocenters. The third kappa shape index (κ3) is 7.64. The molecule has 1 unspecified atom stereocenters. The lowest BCUT2D eigenvalue weighted by Gasteiger charge is -2.13. The zero-order valence-electron chi connectivity index (χ0n) is 9.90. The van der Waals surface area contributed by atoms with E-state index in [2.05, 4.69) is 4.72 Å². The normalized spacial score (nSPS) is 13.6. The molecule has 0 spiro atoms. The summed E-state index contributed by atoms with van der Waals surface area (Å²) in [6.07, 6.45) is 2.12. The standard InChI is InChI=1S/C10H21NO4S/c1-3-5-6-16(14,15)11-8-9(4-2)7-10(12)13/h9,11H,3-8H2,1-2H3,(H,12,13). The highest BCUT2D eigenvalue weighted by molar-refractivity contribution is 7.89. The predicted molar refractivity (Wildman–Crippen MR) is 62.7 cm³/mol. The molecule has 0 bridgehead atoms. The highest BCUT2D eigenvalue weighted by atomic mass is 32.2. The van der Waals surface area contributed by atoms with Gasteiger partial charge in [-0.05, 0) is 12.3 Å². The molecular formula is C10H21NO4S. The maximum absolute atomic E-state index is 11.4. The van der Waals surface area contributed by atoms with E-state index in [9.17, 15) is 13.2 Å². The summed E-state index contributed by atoms with van der Waals surface area (Å²) in [6.45, 7) is 4.00. The van der Waals surface area contributed by atoms with Crippen LogP contribution in [0.15, 0.2) is 0 Å². The number of hydrogen-bond donors (Lipinski definition) is 2. The summed E-state index contributed by atoms with van der Waals surface area (Å²) < 4.78 is 25.3. The Morgan fingerprint density at radius 1 is 1.38 bits per heavy atom. The molecule has 16 heavy (non-hydrogen) atoms. The van der Waals surface area contributed by atoms with Gasteiger partial charge < -0.3 is 5.11 Å². The Kier molecular flexibility index (Phi) is 7.33. The minimum absolute atomic E-state index is 0.00674. The van der Waals surface area contributed by atoms with Gasteiger partial charge in [-0.25, -0.2) is 13.1 Å². The van der Waals surface area contributed by atoms with Gasteiger partial charge >= 0.3 is 5.97 Å². The number of carboxylic acids is 1. The SMILES string of the molecule is CCCCS(=O)(=O)NCC(CC)CC(=O)O. The van der Waals surface area contributed by atoms with Gasteiger partial charge in [0.15, 0.2) is 0 Å². The number of carbonyl (C=O) groups is 1. The molecule has 0 aliphatic carbocycles. The van der Waals surface area contributed by atoms with E-state index in [1.807, 2.05) is 13.8 Å². The second kappa shape index (κ2) is 7.62. The van der Waals surface area contributed by atoms with Gasteiger partial charge in [-0.15, -0.1) is 0 Å². The van der Waals surface area contributed by atoms with Gasteiger partial charge in [0.1, 0.15) is 0 Å². The van der Waals surface area contributed by atoms with Crippen LogP contribution in [0.1, 0.15) is 39.5 Å². The molecule has 0 rings (SSSR count). The van der Waals surface area contributed by atoms with Crippen LogP contribution in [0, 0.1) is 5.92 Å². The Bertz CT molecular complexity index is 300. The lowest BCUT2D eigenvalue weighted by atomic mass is 10.0. The van der Waals surface area contributed by atoms with Crippen molar-refractivity contribution in [2.45, 2.75) is 39.5 Å². The third-order valence-corrected chi connectivity index (χ3v) is 3.83. The molecule has 0 saturated carbocycles. The molecule has 0 aliphatic heterocycles. The average molecular weight is 251 g/mol. The predicted octanol–water partition coefficient (Wildman–Crippen LogP) is 1.21. The highest BCUT2D eigenvalue weighted by Crippen LogP contribution is 2.07. The van der Waals surface area contributed by atoms with E-state index in [0.29, 0.717) is 12.8 Å². The lowest BCUT2D eigenvalue weighted by Crippen LogP contribution is -2.32. The number of sulfonamides is 1. The maximum atomic E-state index is 11.4. The zero-order valence-corrected chi connectivity index (χ0v) is 10.7. The Morgan fingerprint density at radius 2 is 2.00 bits per heavy atom. The fourth-order valence-corrected chi connectivity index (χ4v) is 2.56.